The second kappa shape index (κ2) is 8.25. The van der Waals surface area contributed by atoms with E-state index in [-0.39, 0.29) is 5.75 Å². The van der Waals surface area contributed by atoms with E-state index in [1.807, 2.05) is 59.2 Å². The summed E-state index contributed by atoms with van der Waals surface area (Å²) in [6.45, 7) is 0. The van der Waals surface area contributed by atoms with Gasteiger partial charge in [0, 0.05) is 22.7 Å². The second-order valence-electron chi connectivity index (χ2n) is 6.38. The highest BCUT2D eigenvalue weighted by atomic mass is 35.5. The molecular formula is C21H13ClN4O5. The minimum absolute atomic E-state index is 0.227. The number of benzene rings is 3. The molecule has 3 aromatic carbocycles. The van der Waals surface area contributed by atoms with E-state index in [0.717, 1.165) is 34.8 Å². The molecule has 4 aromatic rings. The van der Waals surface area contributed by atoms with Crippen LogP contribution in [0.25, 0.3) is 16.6 Å². The smallest absolute Gasteiger partial charge is 0.321 e. The van der Waals surface area contributed by atoms with Crippen molar-refractivity contribution in [1.29, 1.82) is 0 Å². The number of hydrogen-bond acceptors (Lipinski definition) is 6. The molecule has 10 heteroatoms. The van der Waals surface area contributed by atoms with Crippen LogP contribution in [0.4, 0.5) is 11.4 Å². The molecule has 0 atom stereocenters. The zero-order valence-electron chi connectivity index (χ0n) is 15.7. The van der Waals surface area contributed by atoms with Crippen LogP contribution in [0.3, 0.4) is 0 Å². The predicted molar refractivity (Wildman–Crippen MR) is 116 cm³/mol. The van der Waals surface area contributed by atoms with Gasteiger partial charge < -0.3 is 4.84 Å². The Labute approximate surface area is 180 Å². The molecule has 0 radical (unpaired) electrons. The zero-order valence-corrected chi connectivity index (χ0v) is 16.5. The van der Waals surface area contributed by atoms with Gasteiger partial charge in [-0.15, -0.1) is 0 Å². The van der Waals surface area contributed by atoms with E-state index in [9.17, 15) is 20.2 Å². The largest absolute Gasteiger partial charge is 0.350 e. The van der Waals surface area contributed by atoms with Crippen LogP contribution in [0, 0.1) is 20.2 Å². The van der Waals surface area contributed by atoms with Crippen LogP contribution < -0.4 is 4.84 Å². The Morgan fingerprint density at radius 1 is 0.935 bits per heavy atom. The van der Waals surface area contributed by atoms with E-state index in [0.29, 0.717) is 10.7 Å². The maximum atomic E-state index is 11.2. The third kappa shape index (κ3) is 3.81. The number of nitro groups is 2. The van der Waals surface area contributed by atoms with Crippen molar-refractivity contribution in [3.63, 3.8) is 0 Å². The van der Waals surface area contributed by atoms with Crippen LogP contribution >= 0.6 is 11.6 Å². The number of nitro benzene ring substituents is 2. The maximum Gasteiger partial charge on any atom is 0.321 e. The van der Waals surface area contributed by atoms with Gasteiger partial charge in [0.15, 0.2) is 0 Å². The molecule has 0 bridgehead atoms. The number of halogens is 1. The van der Waals surface area contributed by atoms with Gasteiger partial charge in [-0.1, -0.05) is 53.2 Å². The number of non-ortho nitro benzene ring substituents is 1. The summed E-state index contributed by atoms with van der Waals surface area (Å²) >= 11 is 6.64. The van der Waals surface area contributed by atoms with Gasteiger partial charge in [-0.2, -0.15) is 0 Å². The summed E-state index contributed by atoms with van der Waals surface area (Å²) < 4.78 is 1.85. The molecule has 0 saturated heterocycles. The lowest BCUT2D eigenvalue weighted by Crippen LogP contribution is -1.96. The molecule has 154 valence electrons. The van der Waals surface area contributed by atoms with Gasteiger partial charge in [-0.25, -0.2) is 0 Å². The van der Waals surface area contributed by atoms with Crippen LogP contribution in [0.1, 0.15) is 5.56 Å². The summed E-state index contributed by atoms with van der Waals surface area (Å²) in [5, 5.41) is 27.2. The molecule has 0 aliphatic rings. The first-order valence-corrected chi connectivity index (χ1v) is 9.32. The van der Waals surface area contributed by atoms with Crippen LogP contribution in [-0.2, 0) is 0 Å². The number of nitrogens with zero attached hydrogens (tertiary/aromatic N) is 4. The van der Waals surface area contributed by atoms with Crippen LogP contribution in [0.2, 0.25) is 5.15 Å². The molecule has 0 unspecified atom stereocenters. The van der Waals surface area contributed by atoms with E-state index in [2.05, 4.69) is 5.16 Å². The van der Waals surface area contributed by atoms with Gasteiger partial charge in [-0.05, 0) is 24.3 Å². The highest BCUT2D eigenvalue weighted by Crippen LogP contribution is 2.33. The third-order valence-electron chi connectivity index (χ3n) is 4.55. The first-order chi connectivity index (χ1) is 15.0. The van der Waals surface area contributed by atoms with Crippen molar-refractivity contribution < 1.29 is 14.7 Å². The standard InChI is InChI=1S/C21H13ClN4O5/c22-21-17(13-23-31-20-11-10-15(25(27)28)12-19(20)26(29)30)16-8-4-5-9-18(16)24(21)14-6-2-1-3-7-14/h1-13H/b23-13+. The van der Waals surface area contributed by atoms with Gasteiger partial charge in [0.2, 0.25) is 5.75 Å². The van der Waals surface area contributed by atoms with Crippen molar-refractivity contribution in [1.82, 2.24) is 4.57 Å². The molecule has 0 aliphatic heterocycles. The Hall–Kier alpha value is -4.24. The Balaban J connectivity index is 1.73. The molecule has 0 amide bonds. The Kier molecular flexibility index (Phi) is 5.33. The van der Waals surface area contributed by atoms with Crippen molar-refractivity contribution in [2.75, 3.05) is 0 Å². The zero-order chi connectivity index (χ0) is 22.0. The highest BCUT2D eigenvalue weighted by molar-refractivity contribution is 6.34. The SMILES string of the molecule is O=[N+]([O-])c1ccc(O/N=C/c2c(Cl)n(-c3ccccc3)c3ccccc23)c([N+](=O)[O-])c1. The topological polar surface area (TPSA) is 113 Å². The minimum atomic E-state index is -0.772. The van der Waals surface area contributed by atoms with E-state index in [4.69, 9.17) is 16.4 Å². The van der Waals surface area contributed by atoms with Crippen LogP contribution in [0.5, 0.6) is 5.75 Å². The van der Waals surface area contributed by atoms with E-state index >= 15 is 0 Å². The molecule has 0 saturated carbocycles. The Morgan fingerprint density at radius 2 is 1.65 bits per heavy atom. The van der Waals surface area contributed by atoms with E-state index in [1.54, 1.807) is 0 Å². The van der Waals surface area contributed by atoms with Crippen molar-refractivity contribution in [2.24, 2.45) is 5.16 Å². The summed E-state index contributed by atoms with van der Waals surface area (Å²) in [5.74, 6) is -0.227. The summed E-state index contributed by atoms with van der Waals surface area (Å²) in [6, 6.07) is 20.1. The fraction of sp³-hybridized carbons (Fsp3) is 0. The maximum absolute atomic E-state index is 11.2. The first-order valence-electron chi connectivity index (χ1n) is 8.95. The fourth-order valence-corrected chi connectivity index (χ4v) is 3.50. The summed E-state index contributed by atoms with van der Waals surface area (Å²) in [6.07, 6.45) is 1.36. The first kappa shape index (κ1) is 20.0. The van der Waals surface area contributed by atoms with Gasteiger partial charge >= 0.3 is 5.69 Å². The highest BCUT2D eigenvalue weighted by Gasteiger charge is 2.21. The Morgan fingerprint density at radius 3 is 2.35 bits per heavy atom. The molecule has 31 heavy (non-hydrogen) atoms. The number of hydrogen-bond donors (Lipinski definition) is 0. The minimum Gasteiger partial charge on any atom is -0.350 e. The monoisotopic (exact) mass is 436 g/mol. The molecule has 1 heterocycles. The fourth-order valence-electron chi connectivity index (χ4n) is 3.16. The number of fused-ring (bicyclic) bond motifs is 1. The quantitative estimate of drug-likeness (QED) is 0.224. The van der Waals surface area contributed by atoms with Gasteiger partial charge in [0.1, 0.15) is 5.15 Å². The summed E-state index contributed by atoms with van der Waals surface area (Å²) in [5.41, 5.74) is 1.28. The van der Waals surface area contributed by atoms with Crippen molar-refractivity contribution in [3.05, 3.63) is 104 Å². The lowest BCUT2D eigenvalue weighted by atomic mass is 10.2. The molecule has 0 aliphatic carbocycles. The van der Waals surface area contributed by atoms with Gasteiger partial charge in [-0.3, -0.25) is 24.8 Å². The Bertz CT molecular complexity index is 1330. The second-order valence-corrected chi connectivity index (χ2v) is 6.74. The molecule has 4 rings (SSSR count). The van der Waals surface area contributed by atoms with Gasteiger partial charge in [0.05, 0.1) is 27.6 Å². The molecule has 1 aromatic heterocycles. The summed E-state index contributed by atoms with van der Waals surface area (Å²) in [4.78, 5) is 25.8. The van der Waals surface area contributed by atoms with Crippen molar-refractivity contribution in [2.45, 2.75) is 0 Å². The number of rotatable bonds is 6. The van der Waals surface area contributed by atoms with E-state index in [1.165, 1.54) is 6.21 Å². The molecular weight excluding hydrogens is 424 g/mol. The van der Waals surface area contributed by atoms with Crippen molar-refractivity contribution in [3.8, 4) is 11.4 Å². The lowest BCUT2D eigenvalue weighted by molar-refractivity contribution is -0.394. The number of para-hydroxylation sites is 2. The van der Waals surface area contributed by atoms with Gasteiger partial charge in [0.25, 0.3) is 5.69 Å². The van der Waals surface area contributed by atoms with Crippen LogP contribution in [-0.4, -0.2) is 20.6 Å². The predicted octanol–water partition coefficient (Wildman–Crippen LogP) is 5.51. The molecule has 0 fully saturated rings. The molecule has 0 N–H and O–H groups in total. The number of aromatic nitrogens is 1. The average Bonchev–Trinajstić information content (AvgIpc) is 3.05. The molecule has 0 spiro atoms. The van der Waals surface area contributed by atoms with E-state index < -0.39 is 21.2 Å². The number of oxime groups is 1. The van der Waals surface area contributed by atoms with Crippen molar-refractivity contribution >= 4 is 40.1 Å². The summed E-state index contributed by atoms with van der Waals surface area (Å²) in [7, 11) is 0. The van der Waals surface area contributed by atoms with Crippen LogP contribution in [0.15, 0.2) is 78.0 Å². The normalized spacial score (nSPS) is 11.1. The average molecular weight is 437 g/mol. The lowest BCUT2D eigenvalue weighted by Gasteiger charge is -2.06. The molecule has 9 nitrogen and oxygen atoms in total. The third-order valence-corrected chi connectivity index (χ3v) is 4.92.